The molecule has 0 fully saturated rings. The molecule has 1 aliphatic rings. The van der Waals surface area contributed by atoms with Crippen LogP contribution in [0.25, 0.3) is 11.3 Å². The van der Waals surface area contributed by atoms with Crippen molar-refractivity contribution >= 4 is 22.2 Å². The van der Waals surface area contributed by atoms with Gasteiger partial charge in [-0.3, -0.25) is 0 Å². The number of ether oxygens (including phenoxy) is 1. The molecule has 1 unspecified atom stereocenters. The van der Waals surface area contributed by atoms with Gasteiger partial charge in [-0.05, 0) is 30.2 Å². The number of nitrogens with zero attached hydrogens (tertiary/aromatic N) is 3. The highest BCUT2D eigenvalue weighted by Crippen LogP contribution is 2.40. The molecule has 0 saturated heterocycles. The monoisotopic (exact) mass is 459 g/mol. The topological polar surface area (TPSA) is 88.2 Å². The molecule has 5 rings (SSSR count). The molecule has 2 aromatic heterocycles. The average molecular weight is 460 g/mol. The van der Waals surface area contributed by atoms with Crippen molar-refractivity contribution in [2.24, 2.45) is 5.10 Å². The quantitative estimate of drug-likeness (QED) is 0.445. The lowest BCUT2D eigenvalue weighted by Crippen LogP contribution is -2.18. The minimum Gasteiger partial charge on any atom is -0.507 e. The number of hydrogen-bond acceptors (Lipinski definition) is 8. The van der Waals surface area contributed by atoms with Crippen LogP contribution >= 0.6 is 11.3 Å². The molecule has 166 valence electrons. The number of methoxy groups -OCH3 is 1. The number of aromatic nitrogens is 1. The van der Waals surface area contributed by atoms with E-state index in [1.165, 1.54) is 17.4 Å². The van der Waals surface area contributed by atoms with E-state index in [9.17, 15) is 9.90 Å². The average Bonchev–Trinajstić information content (AvgIpc) is 3.47. The molecule has 2 aromatic carbocycles. The van der Waals surface area contributed by atoms with Gasteiger partial charge in [-0.1, -0.05) is 42.5 Å². The van der Waals surface area contributed by atoms with Crippen molar-refractivity contribution in [3.63, 3.8) is 0 Å². The van der Waals surface area contributed by atoms with Crippen molar-refractivity contribution in [3.05, 3.63) is 93.4 Å². The first-order valence-corrected chi connectivity index (χ1v) is 11.3. The maximum atomic E-state index is 12.4. The molecule has 0 aliphatic carbocycles. The zero-order valence-electron chi connectivity index (χ0n) is 18.1. The largest absolute Gasteiger partial charge is 0.507 e. The predicted octanol–water partition coefficient (Wildman–Crippen LogP) is 5.14. The summed E-state index contributed by atoms with van der Waals surface area (Å²) in [4.78, 5) is 17.0. The van der Waals surface area contributed by atoms with E-state index in [0.717, 1.165) is 22.6 Å². The Hall–Kier alpha value is -3.91. The fourth-order valence-electron chi connectivity index (χ4n) is 3.89. The minimum absolute atomic E-state index is 0.0514. The van der Waals surface area contributed by atoms with Gasteiger partial charge in [-0.15, -0.1) is 11.3 Å². The number of anilines is 1. The van der Waals surface area contributed by atoms with Crippen LogP contribution in [0, 0.1) is 6.92 Å². The third-order valence-electron chi connectivity index (χ3n) is 5.52. The molecule has 0 spiro atoms. The van der Waals surface area contributed by atoms with Gasteiger partial charge in [0.05, 0.1) is 24.6 Å². The van der Waals surface area contributed by atoms with E-state index in [2.05, 4.69) is 4.98 Å². The molecular formula is C25H21N3O4S. The highest BCUT2D eigenvalue weighted by atomic mass is 32.1. The van der Waals surface area contributed by atoms with Gasteiger partial charge in [0.15, 0.2) is 0 Å². The molecule has 33 heavy (non-hydrogen) atoms. The van der Waals surface area contributed by atoms with Gasteiger partial charge in [0.1, 0.15) is 22.8 Å². The third kappa shape index (κ3) is 4.01. The van der Waals surface area contributed by atoms with E-state index in [-0.39, 0.29) is 17.4 Å². The first-order valence-electron chi connectivity index (χ1n) is 10.4. The van der Waals surface area contributed by atoms with E-state index >= 15 is 0 Å². The maximum Gasteiger partial charge on any atom is 0.349 e. The van der Waals surface area contributed by atoms with E-state index < -0.39 is 5.63 Å². The van der Waals surface area contributed by atoms with E-state index in [1.807, 2.05) is 59.6 Å². The van der Waals surface area contributed by atoms with Gasteiger partial charge in [0, 0.05) is 17.9 Å². The molecule has 1 atom stereocenters. The Balaban J connectivity index is 1.56. The van der Waals surface area contributed by atoms with Crippen LogP contribution in [-0.4, -0.2) is 22.9 Å². The summed E-state index contributed by atoms with van der Waals surface area (Å²) in [5.74, 6) is 0.973. The Kier molecular flexibility index (Phi) is 5.43. The summed E-state index contributed by atoms with van der Waals surface area (Å²) in [5, 5.41) is 19.5. The Labute approximate surface area is 194 Å². The molecule has 7 nitrogen and oxygen atoms in total. The number of benzene rings is 2. The molecule has 0 saturated carbocycles. The zero-order valence-corrected chi connectivity index (χ0v) is 18.9. The molecule has 4 aromatic rings. The summed E-state index contributed by atoms with van der Waals surface area (Å²) < 4.78 is 10.5. The van der Waals surface area contributed by atoms with Gasteiger partial charge < -0.3 is 14.3 Å². The predicted molar refractivity (Wildman–Crippen MR) is 128 cm³/mol. The Morgan fingerprint density at radius 3 is 2.61 bits per heavy atom. The van der Waals surface area contributed by atoms with Gasteiger partial charge >= 0.3 is 5.63 Å². The first-order chi connectivity index (χ1) is 16.0. The third-order valence-corrected chi connectivity index (χ3v) is 6.35. The van der Waals surface area contributed by atoms with Crippen molar-refractivity contribution in [1.82, 2.24) is 4.98 Å². The highest BCUT2D eigenvalue weighted by molar-refractivity contribution is 7.14. The van der Waals surface area contributed by atoms with Crippen LogP contribution in [0.2, 0.25) is 0 Å². The molecular weight excluding hydrogens is 438 g/mol. The minimum atomic E-state index is -0.619. The number of hydrazone groups is 1. The van der Waals surface area contributed by atoms with Gasteiger partial charge in [0.2, 0.25) is 5.13 Å². The normalized spacial score (nSPS) is 15.5. The first kappa shape index (κ1) is 21.0. The molecule has 0 amide bonds. The summed E-state index contributed by atoms with van der Waals surface area (Å²) in [6, 6.07) is 19.3. The molecule has 0 radical (unpaired) electrons. The lowest BCUT2D eigenvalue weighted by atomic mass is 9.98. The van der Waals surface area contributed by atoms with Crippen molar-refractivity contribution in [2.45, 2.75) is 19.4 Å². The lowest BCUT2D eigenvalue weighted by molar-refractivity contribution is 0.414. The summed E-state index contributed by atoms with van der Waals surface area (Å²) >= 11 is 1.36. The SMILES string of the molecule is COc1ccc(C2CC(c3ccccc3)=NN2c2nc(-c3c(O)cc(C)oc3=O)cs2)cc1. The summed E-state index contributed by atoms with van der Waals surface area (Å²) in [5.41, 5.74) is 2.86. The number of thiazole rings is 1. The highest BCUT2D eigenvalue weighted by Gasteiger charge is 2.32. The van der Waals surface area contributed by atoms with Crippen LogP contribution in [0.3, 0.4) is 0 Å². The fourth-order valence-corrected chi connectivity index (χ4v) is 4.71. The van der Waals surface area contributed by atoms with Crippen molar-refractivity contribution in [1.29, 1.82) is 0 Å². The van der Waals surface area contributed by atoms with Crippen LogP contribution < -0.4 is 15.4 Å². The lowest BCUT2D eigenvalue weighted by Gasteiger charge is -2.21. The Bertz CT molecular complexity index is 1380. The second-order valence-corrected chi connectivity index (χ2v) is 8.51. The van der Waals surface area contributed by atoms with Crippen molar-refractivity contribution in [3.8, 4) is 22.8 Å². The molecule has 1 aliphatic heterocycles. The van der Waals surface area contributed by atoms with Crippen LogP contribution in [0.15, 0.2) is 80.4 Å². The number of rotatable bonds is 5. The van der Waals surface area contributed by atoms with Crippen LogP contribution in [0.5, 0.6) is 11.5 Å². The smallest absolute Gasteiger partial charge is 0.349 e. The number of aryl methyl sites for hydroxylation is 1. The van der Waals surface area contributed by atoms with E-state index in [1.54, 1.807) is 19.4 Å². The summed E-state index contributed by atoms with van der Waals surface area (Å²) in [6.07, 6.45) is 0.698. The second-order valence-electron chi connectivity index (χ2n) is 7.67. The van der Waals surface area contributed by atoms with Crippen molar-refractivity contribution in [2.75, 3.05) is 12.1 Å². The second kappa shape index (κ2) is 8.55. The summed E-state index contributed by atoms with van der Waals surface area (Å²) in [7, 11) is 1.64. The molecule has 3 heterocycles. The van der Waals surface area contributed by atoms with E-state index in [0.29, 0.717) is 23.0 Å². The van der Waals surface area contributed by atoms with Crippen LogP contribution in [0.4, 0.5) is 5.13 Å². The Morgan fingerprint density at radius 1 is 1.15 bits per heavy atom. The van der Waals surface area contributed by atoms with Gasteiger partial charge in [-0.25, -0.2) is 14.8 Å². The molecule has 0 bridgehead atoms. The summed E-state index contributed by atoms with van der Waals surface area (Å²) in [6.45, 7) is 1.61. The van der Waals surface area contributed by atoms with Gasteiger partial charge in [-0.2, -0.15) is 5.10 Å². The van der Waals surface area contributed by atoms with E-state index in [4.69, 9.17) is 14.3 Å². The van der Waals surface area contributed by atoms with Crippen LogP contribution in [-0.2, 0) is 0 Å². The number of hydrogen-bond donors (Lipinski definition) is 1. The standard InChI is InChI=1S/C25H21N3O4S/c1-15-12-22(29)23(24(30)32-15)20-14-33-25(26-20)28-21(17-8-10-18(31-2)11-9-17)13-19(27-28)16-6-4-3-5-7-16/h3-12,14,21,29H,13H2,1-2H3. The van der Waals surface area contributed by atoms with Gasteiger partial charge in [0.25, 0.3) is 0 Å². The maximum absolute atomic E-state index is 12.4. The number of aromatic hydroxyl groups is 1. The molecule has 1 N–H and O–H groups in total. The van der Waals surface area contributed by atoms with Crippen LogP contribution in [0.1, 0.15) is 29.3 Å². The fraction of sp³-hybridized carbons (Fsp3) is 0.160. The zero-order chi connectivity index (χ0) is 22.9. The molecule has 8 heteroatoms. The van der Waals surface area contributed by atoms with Crippen molar-refractivity contribution < 1.29 is 14.3 Å². The Morgan fingerprint density at radius 2 is 1.91 bits per heavy atom.